The first kappa shape index (κ1) is 19.1. The number of aryl methyl sites for hydroxylation is 1. The SMILES string of the molecule is CC(=O)c1c(Cl)cc(C)c(OCC(C)N2C(=O)c3ccccc3C2=O)c1C. The van der Waals surface area contributed by atoms with Crippen molar-refractivity contribution >= 4 is 29.2 Å². The zero-order chi connectivity index (χ0) is 19.9. The number of ether oxygens (including phenoxy) is 1. The van der Waals surface area contributed by atoms with Gasteiger partial charge in [-0.05, 0) is 51.5 Å². The highest BCUT2D eigenvalue weighted by Crippen LogP contribution is 2.33. The Morgan fingerprint density at radius 1 is 1.15 bits per heavy atom. The minimum absolute atomic E-state index is 0.117. The predicted octanol–water partition coefficient (Wildman–Crippen LogP) is 4.22. The summed E-state index contributed by atoms with van der Waals surface area (Å²) in [7, 11) is 0. The zero-order valence-corrected chi connectivity index (χ0v) is 16.4. The molecule has 0 saturated heterocycles. The number of nitrogens with zero attached hydrogens (tertiary/aromatic N) is 1. The highest BCUT2D eigenvalue weighted by molar-refractivity contribution is 6.34. The Morgan fingerprint density at radius 3 is 2.22 bits per heavy atom. The highest BCUT2D eigenvalue weighted by atomic mass is 35.5. The van der Waals surface area contributed by atoms with Crippen LogP contribution >= 0.6 is 11.6 Å². The molecule has 6 heteroatoms. The van der Waals surface area contributed by atoms with E-state index in [1.807, 2.05) is 6.92 Å². The summed E-state index contributed by atoms with van der Waals surface area (Å²) in [5, 5.41) is 0.387. The number of imide groups is 1. The van der Waals surface area contributed by atoms with E-state index in [0.717, 1.165) is 5.56 Å². The van der Waals surface area contributed by atoms with E-state index in [2.05, 4.69) is 0 Å². The van der Waals surface area contributed by atoms with Crippen LogP contribution in [0.15, 0.2) is 30.3 Å². The number of benzene rings is 2. The van der Waals surface area contributed by atoms with E-state index in [-0.39, 0.29) is 24.2 Å². The maximum absolute atomic E-state index is 12.6. The average Bonchev–Trinajstić information content (AvgIpc) is 2.85. The Bertz CT molecular complexity index is 932. The van der Waals surface area contributed by atoms with Crippen LogP contribution in [-0.4, -0.2) is 35.1 Å². The minimum atomic E-state index is -0.465. The standard InChI is InChI=1S/C21H20ClNO4/c1-11-9-17(22)18(14(4)24)13(3)19(11)27-10-12(2)23-20(25)15-7-5-6-8-16(15)21(23)26/h5-9,12H,10H2,1-4H3. The summed E-state index contributed by atoms with van der Waals surface area (Å²) < 4.78 is 5.93. The van der Waals surface area contributed by atoms with Gasteiger partial charge in [-0.3, -0.25) is 19.3 Å². The van der Waals surface area contributed by atoms with Gasteiger partial charge in [0.25, 0.3) is 11.8 Å². The van der Waals surface area contributed by atoms with Crippen LogP contribution in [0.4, 0.5) is 0 Å². The van der Waals surface area contributed by atoms with Gasteiger partial charge in [0, 0.05) is 11.1 Å². The number of carbonyl (C=O) groups excluding carboxylic acids is 3. The first-order chi connectivity index (χ1) is 12.7. The Morgan fingerprint density at radius 2 is 1.70 bits per heavy atom. The van der Waals surface area contributed by atoms with Crippen molar-refractivity contribution in [1.29, 1.82) is 0 Å². The molecule has 27 heavy (non-hydrogen) atoms. The van der Waals surface area contributed by atoms with Crippen LogP contribution in [0.5, 0.6) is 5.75 Å². The molecule has 0 aliphatic carbocycles. The number of halogens is 1. The normalized spacial score (nSPS) is 14.3. The van der Waals surface area contributed by atoms with E-state index >= 15 is 0 Å². The van der Waals surface area contributed by atoms with Gasteiger partial charge in [-0.15, -0.1) is 0 Å². The first-order valence-electron chi connectivity index (χ1n) is 8.64. The first-order valence-corrected chi connectivity index (χ1v) is 9.02. The maximum atomic E-state index is 12.6. The highest BCUT2D eigenvalue weighted by Gasteiger charge is 2.38. The van der Waals surface area contributed by atoms with Crippen LogP contribution in [0.2, 0.25) is 5.02 Å². The van der Waals surface area contributed by atoms with Crippen LogP contribution in [0.3, 0.4) is 0 Å². The molecule has 0 spiro atoms. The van der Waals surface area contributed by atoms with E-state index in [0.29, 0.717) is 33.0 Å². The zero-order valence-electron chi connectivity index (χ0n) is 15.6. The van der Waals surface area contributed by atoms with Crippen LogP contribution in [0, 0.1) is 13.8 Å². The quantitative estimate of drug-likeness (QED) is 0.571. The molecule has 1 heterocycles. The van der Waals surface area contributed by atoms with Crippen molar-refractivity contribution in [3.05, 3.63) is 63.2 Å². The smallest absolute Gasteiger partial charge is 0.261 e. The molecule has 0 aromatic heterocycles. The molecule has 0 bridgehead atoms. The molecule has 2 amide bonds. The second kappa shape index (κ2) is 7.16. The van der Waals surface area contributed by atoms with Gasteiger partial charge in [-0.25, -0.2) is 0 Å². The molecule has 0 radical (unpaired) electrons. The summed E-state index contributed by atoms with van der Waals surface area (Å²) in [6, 6.07) is 7.99. The molecule has 1 unspecified atom stereocenters. The van der Waals surface area contributed by atoms with E-state index in [1.54, 1.807) is 44.2 Å². The number of fused-ring (bicyclic) bond motifs is 1. The second-order valence-electron chi connectivity index (χ2n) is 6.75. The Hall–Kier alpha value is -2.66. The number of ketones is 1. The molecule has 1 atom stereocenters. The second-order valence-corrected chi connectivity index (χ2v) is 7.15. The lowest BCUT2D eigenvalue weighted by Crippen LogP contribution is -2.41. The number of rotatable bonds is 5. The van der Waals surface area contributed by atoms with Crippen LogP contribution in [-0.2, 0) is 0 Å². The number of carbonyl (C=O) groups is 3. The average molecular weight is 386 g/mol. The molecule has 140 valence electrons. The third-order valence-electron chi connectivity index (χ3n) is 4.74. The van der Waals surface area contributed by atoms with Crippen molar-refractivity contribution in [2.45, 2.75) is 33.7 Å². The molecule has 0 saturated carbocycles. The summed E-state index contributed by atoms with van der Waals surface area (Å²) in [5.74, 6) is -0.231. The number of hydrogen-bond donors (Lipinski definition) is 0. The molecule has 0 fully saturated rings. The molecule has 3 rings (SSSR count). The fourth-order valence-electron chi connectivity index (χ4n) is 3.46. The summed E-state index contributed by atoms with van der Waals surface area (Å²) >= 11 is 6.18. The minimum Gasteiger partial charge on any atom is -0.491 e. The summed E-state index contributed by atoms with van der Waals surface area (Å²) in [6.07, 6.45) is 0. The third-order valence-corrected chi connectivity index (χ3v) is 5.04. The molecular weight excluding hydrogens is 366 g/mol. The lowest BCUT2D eigenvalue weighted by molar-refractivity contribution is 0.0550. The van der Waals surface area contributed by atoms with E-state index in [1.165, 1.54) is 11.8 Å². The summed E-state index contributed by atoms with van der Waals surface area (Å²) in [6.45, 7) is 6.94. The van der Waals surface area contributed by atoms with Gasteiger partial charge < -0.3 is 4.74 Å². The van der Waals surface area contributed by atoms with Crippen LogP contribution in [0.1, 0.15) is 56.0 Å². The van der Waals surface area contributed by atoms with Crippen molar-refractivity contribution in [2.75, 3.05) is 6.61 Å². The van der Waals surface area contributed by atoms with Gasteiger partial charge >= 0.3 is 0 Å². The van der Waals surface area contributed by atoms with E-state index < -0.39 is 6.04 Å². The van der Waals surface area contributed by atoms with Crippen molar-refractivity contribution in [3.63, 3.8) is 0 Å². The van der Waals surface area contributed by atoms with Gasteiger partial charge in [0.2, 0.25) is 0 Å². The molecule has 2 aromatic carbocycles. The number of hydrogen-bond acceptors (Lipinski definition) is 4. The Kier molecular flexibility index (Phi) is 5.07. The van der Waals surface area contributed by atoms with E-state index in [4.69, 9.17) is 16.3 Å². The van der Waals surface area contributed by atoms with Gasteiger partial charge in [0.05, 0.1) is 22.2 Å². The predicted molar refractivity (Wildman–Crippen MR) is 103 cm³/mol. The van der Waals surface area contributed by atoms with Crippen molar-refractivity contribution in [1.82, 2.24) is 4.90 Å². The topological polar surface area (TPSA) is 63.7 Å². The van der Waals surface area contributed by atoms with Gasteiger partial charge in [0.15, 0.2) is 5.78 Å². The lowest BCUT2D eigenvalue weighted by atomic mass is 10.0. The largest absolute Gasteiger partial charge is 0.491 e. The van der Waals surface area contributed by atoms with Crippen molar-refractivity contribution < 1.29 is 19.1 Å². The maximum Gasteiger partial charge on any atom is 0.261 e. The van der Waals surface area contributed by atoms with Crippen LogP contribution < -0.4 is 4.74 Å². The molecule has 5 nitrogen and oxygen atoms in total. The molecule has 0 N–H and O–H groups in total. The molecule has 1 aliphatic heterocycles. The summed E-state index contributed by atoms with van der Waals surface area (Å²) in [4.78, 5) is 38.2. The van der Waals surface area contributed by atoms with Gasteiger partial charge in [-0.1, -0.05) is 23.7 Å². The monoisotopic (exact) mass is 385 g/mol. The van der Waals surface area contributed by atoms with Gasteiger partial charge in [0.1, 0.15) is 12.4 Å². The fourth-order valence-corrected chi connectivity index (χ4v) is 3.90. The lowest BCUT2D eigenvalue weighted by Gasteiger charge is -2.24. The fraction of sp³-hybridized carbons (Fsp3) is 0.286. The Balaban J connectivity index is 1.82. The summed E-state index contributed by atoms with van der Waals surface area (Å²) in [5.41, 5.74) is 2.68. The van der Waals surface area contributed by atoms with Crippen molar-refractivity contribution in [3.8, 4) is 5.75 Å². The molecule has 1 aliphatic rings. The third kappa shape index (κ3) is 3.23. The van der Waals surface area contributed by atoms with Crippen LogP contribution in [0.25, 0.3) is 0 Å². The van der Waals surface area contributed by atoms with E-state index in [9.17, 15) is 14.4 Å². The molecular formula is C21H20ClNO4. The van der Waals surface area contributed by atoms with Crippen molar-refractivity contribution in [2.24, 2.45) is 0 Å². The number of Topliss-reactive ketones (excluding diaryl/α,β-unsaturated/α-hetero) is 1. The number of amides is 2. The Labute approximate surface area is 162 Å². The van der Waals surface area contributed by atoms with Gasteiger partial charge in [-0.2, -0.15) is 0 Å². The molecule has 2 aromatic rings.